The van der Waals surface area contributed by atoms with Crippen LogP contribution in [0.5, 0.6) is 5.75 Å². The molecule has 8 heteroatoms. The van der Waals surface area contributed by atoms with Crippen molar-refractivity contribution in [2.75, 3.05) is 11.9 Å². The van der Waals surface area contributed by atoms with Crippen molar-refractivity contribution in [2.24, 2.45) is 0 Å². The van der Waals surface area contributed by atoms with Crippen LogP contribution in [0.3, 0.4) is 0 Å². The molecule has 160 valence electrons. The summed E-state index contributed by atoms with van der Waals surface area (Å²) in [6.45, 7) is 1.98. The smallest absolute Gasteiger partial charge is 0.379 e. The Labute approximate surface area is 183 Å². The third kappa shape index (κ3) is 5.70. The van der Waals surface area contributed by atoms with Gasteiger partial charge in [-0.2, -0.15) is 5.26 Å². The highest BCUT2D eigenvalue weighted by Gasteiger charge is 2.13. The zero-order chi connectivity index (χ0) is 22.9. The summed E-state index contributed by atoms with van der Waals surface area (Å²) < 4.78 is 15.1. The number of esters is 2. The average Bonchev–Trinajstić information content (AvgIpc) is 3.34. The molecule has 0 radical (unpaired) electrons. The molecule has 1 amide bonds. The van der Waals surface area contributed by atoms with E-state index in [1.54, 1.807) is 37.3 Å². The number of nitrogens with zero attached hydrogens (tertiary/aromatic N) is 1. The summed E-state index contributed by atoms with van der Waals surface area (Å²) in [5, 5.41) is 12.0. The van der Waals surface area contributed by atoms with E-state index in [9.17, 15) is 19.6 Å². The second-order valence-corrected chi connectivity index (χ2v) is 6.36. The van der Waals surface area contributed by atoms with Crippen molar-refractivity contribution in [3.8, 4) is 11.8 Å². The third-order valence-electron chi connectivity index (χ3n) is 4.14. The van der Waals surface area contributed by atoms with Gasteiger partial charge < -0.3 is 19.2 Å². The van der Waals surface area contributed by atoms with Crippen LogP contribution in [-0.4, -0.2) is 24.5 Å². The predicted molar refractivity (Wildman–Crippen MR) is 115 cm³/mol. The fraction of sp³-hybridized carbons (Fsp3) is 0.0833. The molecule has 3 rings (SSSR count). The third-order valence-corrected chi connectivity index (χ3v) is 4.14. The maximum absolute atomic E-state index is 12.4. The number of furan rings is 1. The lowest BCUT2D eigenvalue weighted by atomic mass is 10.1. The molecule has 1 heterocycles. The normalized spacial score (nSPS) is 10.7. The molecule has 0 atom stereocenters. The van der Waals surface area contributed by atoms with E-state index in [0.717, 1.165) is 0 Å². The number of benzene rings is 2. The Morgan fingerprint density at radius 3 is 2.34 bits per heavy atom. The number of carbonyl (C=O) groups is 3. The van der Waals surface area contributed by atoms with Gasteiger partial charge in [0, 0.05) is 5.69 Å². The Kier molecular flexibility index (Phi) is 7.17. The first kappa shape index (κ1) is 22.1. The number of amides is 1. The van der Waals surface area contributed by atoms with Crippen LogP contribution in [0.25, 0.3) is 6.08 Å². The van der Waals surface area contributed by atoms with Gasteiger partial charge in [0.05, 0.1) is 18.4 Å². The highest BCUT2D eigenvalue weighted by atomic mass is 16.5. The predicted octanol–water partition coefficient (Wildman–Crippen LogP) is 4.22. The zero-order valence-corrected chi connectivity index (χ0v) is 17.0. The van der Waals surface area contributed by atoms with E-state index in [-0.39, 0.29) is 23.7 Å². The fourth-order valence-corrected chi connectivity index (χ4v) is 2.60. The first-order chi connectivity index (χ1) is 15.5. The number of carbonyl (C=O) groups excluding carboxylic acids is 3. The average molecular weight is 430 g/mol. The monoisotopic (exact) mass is 430 g/mol. The molecule has 0 unspecified atom stereocenters. The Hall–Kier alpha value is -4.64. The molecule has 0 fully saturated rings. The first-order valence-electron chi connectivity index (χ1n) is 9.56. The summed E-state index contributed by atoms with van der Waals surface area (Å²) in [7, 11) is 0. The number of nitrogens with one attached hydrogen (secondary N) is 1. The molecular weight excluding hydrogens is 412 g/mol. The molecule has 8 nitrogen and oxygen atoms in total. The standard InChI is InChI=1S/C24H18N2O6/c1-2-30-23(28)17-7-9-19(10-8-17)26-22(27)18(15-25)14-16-5-11-20(12-6-16)32-24(29)21-4-3-13-31-21/h3-14H,2H2,1H3,(H,26,27)/b18-14+. The topological polar surface area (TPSA) is 119 Å². The maximum Gasteiger partial charge on any atom is 0.379 e. The Morgan fingerprint density at radius 1 is 1.03 bits per heavy atom. The van der Waals surface area contributed by atoms with Gasteiger partial charge in [-0.15, -0.1) is 0 Å². The number of ether oxygens (including phenoxy) is 2. The van der Waals surface area contributed by atoms with Crippen LogP contribution >= 0.6 is 0 Å². The van der Waals surface area contributed by atoms with Gasteiger partial charge in [-0.1, -0.05) is 12.1 Å². The van der Waals surface area contributed by atoms with Crippen molar-refractivity contribution in [1.29, 1.82) is 5.26 Å². The van der Waals surface area contributed by atoms with Crippen molar-refractivity contribution in [3.63, 3.8) is 0 Å². The van der Waals surface area contributed by atoms with E-state index >= 15 is 0 Å². The van der Waals surface area contributed by atoms with Gasteiger partial charge in [-0.25, -0.2) is 9.59 Å². The largest absolute Gasteiger partial charge is 0.462 e. The van der Waals surface area contributed by atoms with Crippen LogP contribution in [0.15, 0.2) is 76.9 Å². The Morgan fingerprint density at radius 2 is 1.75 bits per heavy atom. The summed E-state index contributed by atoms with van der Waals surface area (Å²) in [4.78, 5) is 36.0. The van der Waals surface area contributed by atoms with Crippen LogP contribution in [0.2, 0.25) is 0 Å². The summed E-state index contributed by atoms with van der Waals surface area (Å²) >= 11 is 0. The minimum absolute atomic E-state index is 0.0766. The van der Waals surface area contributed by atoms with Crippen molar-refractivity contribution in [2.45, 2.75) is 6.92 Å². The van der Waals surface area contributed by atoms with E-state index in [1.807, 2.05) is 6.07 Å². The van der Waals surface area contributed by atoms with Gasteiger partial charge >= 0.3 is 11.9 Å². The molecular formula is C24H18N2O6. The first-order valence-corrected chi connectivity index (χ1v) is 9.56. The lowest BCUT2D eigenvalue weighted by Crippen LogP contribution is -2.13. The quantitative estimate of drug-likeness (QED) is 0.258. The number of anilines is 1. The van der Waals surface area contributed by atoms with E-state index in [1.165, 1.54) is 42.7 Å². The molecule has 0 aliphatic rings. The molecule has 3 aromatic rings. The molecule has 1 N–H and O–H groups in total. The molecule has 0 aliphatic carbocycles. The van der Waals surface area contributed by atoms with E-state index in [4.69, 9.17) is 13.9 Å². The minimum atomic E-state index is -0.635. The van der Waals surface area contributed by atoms with Crippen LogP contribution < -0.4 is 10.1 Å². The molecule has 1 aromatic heterocycles. The molecule has 0 saturated carbocycles. The van der Waals surface area contributed by atoms with Crippen LogP contribution in [0, 0.1) is 11.3 Å². The van der Waals surface area contributed by atoms with Crippen molar-refractivity contribution < 1.29 is 28.3 Å². The molecule has 0 spiro atoms. The van der Waals surface area contributed by atoms with Gasteiger partial charge in [0.1, 0.15) is 17.4 Å². The van der Waals surface area contributed by atoms with Gasteiger partial charge in [0.15, 0.2) is 0 Å². The van der Waals surface area contributed by atoms with E-state index in [0.29, 0.717) is 16.8 Å². The van der Waals surface area contributed by atoms with Gasteiger partial charge in [0.2, 0.25) is 5.76 Å². The highest BCUT2D eigenvalue weighted by Crippen LogP contribution is 2.17. The molecule has 2 aromatic carbocycles. The lowest BCUT2D eigenvalue weighted by Gasteiger charge is -2.06. The van der Waals surface area contributed by atoms with Crippen LogP contribution in [0.4, 0.5) is 5.69 Å². The molecule has 0 bridgehead atoms. The van der Waals surface area contributed by atoms with Gasteiger partial charge in [0.25, 0.3) is 5.91 Å². The second kappa shape index (κ2) is 10.4. The van der Waals surface area contributed by atoms with Crippen LogP contribution in [0.1, 0.15) is 33.4 Å². The van der Waals surface area contributed by atoms with Gasteiger partial charge in [-0.3, -0.25) is 4.79 Å². The fourth-order valence-electron chi connectivity index (χ4n) is 2.60. The van der Waals surface area contributed by atoms with Crippen molar-refractivity contribution in [3.05, 3.63) is 89.4 Å². The number of rotatable bonds is 7. The van der Waals surface area contributed by atoms with Crippen molar-refractivity contribution >= 4 is 29.6 Å². The Bertz CT molecular complexity index is 1170. The zero-order valence-electron chi connectivity index (χ0n) is 17.0. The number of nitriles is 1. The SMILES string of the molecule is CCOC(=O)c1ccc(NC(=O)/C(C#N)=C/c2ccc(OC(=O)c3ccco3)cc2)cc1. The molecule has 32 heavy (non-hydrogen) atoms. The number of hydrogen-bond donors (Lipinski definition) is 1. The summed E-state index contributed by atoms with van der Waals surface area (Å²) in [5.41, 5.74) is 1.21. The highest BCUT2D eigenvalue weighted by molar-refractivity contribution is 6.09. The Balaban J connectivity index is 1.64. The summed E-state index contributed by atoms with van der Waals surface area (Å²) in [6, 6.07) is 17.3. The second-order valence-electron chi connectivity index (χ2n) is 6.36. The van der Waals surface area contributed by atoms with Crippen molar-refractivity contribution in [1.82, 2.24) is 0 Å². The van der Waals surface area contributed by atoms with E-state index < -0.39 is 17.8 Å². The minimum Gasteiger partial charge on any atom is -0.462 e. The summed E-state index contributed by atoms with van der Waals surface area (Å²) in [6.07, 6.45) is 2.77. The lowest BCUT2D eigenvalue weighted by molar-refractivity contribution is -0.112. The molecule has 0 saturated heterocycles. The van der Waals surface area contributed by atoms with Crippen LogP contribution in [-0.2, 0) is 9.53 Å². The van der Waals surface area contributed by atoms with Gasteiger partial charge in [-0.05, 0) is 67.1 Å². The number of hydrogen-bond acceptors (Lipinski definition) is 7. The molecule has 0 aliphatic heterocycles. The maximum atomic E-state index is 12.4. The van der Waals surface area contributed by atoms with E-state index in [2.05, 4.69) is 5.32 Å². The summed E-state index contributed by atoms with van der Waals surface area (Å²) in [5.74, 6) is -1.34.